The second kappa shape index (κ2) is 7.96. The van der Waals surface area contributed by atoms with Crippen LogP contribution >= 0.6 is 11.6 Å². The van der Waals surface area contributed by atoms with Gasteiger partial charge in [0.1, 0.15) is 12.3 Å². The number of rotatable bonds is 6. The summed E-state index contributed by atoms with van der Waals surface area (Å²) in [7, 11) is 0. The maximum atomic E-state index is 12.4. The predicted molar refractivity (Wildman–Crippen MR) is 92.3 cm³/mol. The molecule has 0 saturated heterocycles. The van der Waals surface area contributed by atoms with Crippen LogP contribution in [0.25, 0.3) is 5.69 Å². The molecular formula is C16H12ClF2N5O3. The number of aromatic nitrogens is 4. The van der Waals surface area contributed by atoms with E-state index in [1.165, 1.54) is 24.3 Å². The van der Waals surface area contributed by atoms with Gasteiger partial charge in [-0.25, -0.2) is 4.79 Å². The summed E-state index contributed by atoms with van der Waals surface area (Å²) in [4.78, 5) is 24.5. The van der Waals surface area contributed by atoms with Crippen LogP contribution in [-0.2, 0) is 11.3 Å². The third kappa shape index (κ3) is 4.29. The Morgan fingerprint density at radius 1 is 1.15 bits per heavy atom. The number of hydrogen-bond acceptors (Lipinski definition) is 5. The van der Waals surface area contributed by atoms with Crippen LogP contribution < -0.4 is 15.7 Å². The molecule has 1 aromatic heterocycles. The number of nitrogens with one attached hydrogen (secondary N) is 1. The van der Waals surface area contributed by atoms with E-state index in [1.807, 2.05) is 0 Å². The highest BCUT2D eigenvalue weighted by Crippen LogP contribution is 2.25. The number of halogens is 3. The Bertz CT molecular complexity index is 1020. The topological polar surface area (TPSA) is 91.0 Å². The summed E-state index contributed by atoms with van der Waals surface area (Å²) in [5, 5.41) is 10.0. The van der Waals surface area contributed by atoms with Crippen molar-refractivity contribution in [1.82, 2.24) is 19.8 Å². The first-order valence-electron chi connectivity index (χ1n) is 7.57. The number of carbonyl (C=O) groups is 1. The van der Waals surface area contributed by atoms with E-state index in [-0.39, 0.29) is 16.5 Å². The molecule has 0 unspecified atom stereocenters. The van der Waals surface area contributed by atoms with Gasteiger partial charge in [-0.15, -0.1) is 0 Å². The average Bonchev–Trinajstić information content (AvgIpc) is 2.97. The summed E-state index contributed by atoms with van der Waals surface area (Å²) in [6.07, 6.45) is 0. The van der Waals surface area contributed by atoms with Gasteiger partial charge in [-0.05, 0) is 34.7 Å². The molecule has 3 aromatic rings. The summed E-state index contributed by atoms with van der Waals surface area (Å²) in [5.41, 5.74) is -0.337. The third-order valence-corrected chi connectivity index (χ3v) is 3.71. The van der Waals surface area contributed by atoms with E-state index < -0.39 is 24.8 Å². The van der Waals surface area contributed by atoms with Crippen molar-refractivity contribution in [2.75, 3.05) is 5.32 Å². The molecule has 0 aliphatic rings. The molecule has 0 radical (unpaired) electrons. The number of tetrazole rings is 1. The van der Waals surface area contributed by atoms with Crippen molar-refractivity contribution < 1.29 is 18.3 Å². The SMILES string of the molecule is O=C(Cn1nnn(-c2ccccc2Cl)c1=O)Nc1ccccc1OC(F)F. The van der Waals surface area contributed by atoms with Crippen molar-refractivity contribution in [1.29, 1.82) is 0 Å². The van der Waals surface area contributed by atoms with E-state index in [1.54, 1.807) is 24.3 Å². The first-order valence-corrected chi connectivity index (χ1v) is 7.95. The Morgan fingerprint density at radius 2 is 1.85 bits per heavy atom. The van der Waals surface area contributed by atoms with Gasteiger partial charge in [0.2, 0.25) is 5.91 Å². The summed E-state index contributed by atoms with van der Waals surface area (Å²) < 4.78 is 30.9. The molecule has 0 aliphatic carbocycles. The lowest BCUT2D eigenvalue weighted by molar-refractivity contribution is -0.117. The number of nitrogens with zero attached hydrogens (tertiary/aromatic N) is 4. The smallest absolute Gasteiger partial charge is 0.387 e. The van der Waals surface area contributed by atoms with Gasteiger partial charge in [0, 0.05) is 0 Å². The molecule has 0 atom stereocenters. The van der Waals surface area contributed by atoms with Gasteiger partial charge in [0.05, 0.1) is 16.4 Å². The van der Waals surface area contributed by atoms with Crippen molar-refractivity contribution in [3.8, 4) is 11.4 Å². The van der Waals surface area contributed by atoms with Crippen LogP contribution in [0.5, 0.6) is 5.75 Å². The monoisotopic (exact) mass is 395 g/mol. The van der Waals surface area contributed by atoms with Gasteiger partial charge in [-0.2, -0.15) is 18.1 Å². The lowest BCUT2D eigenvalue weighted by atomic mass is 10.3. The molecule has 1 heterocycles. The lowest BCUT2D eigenvalue weighted by Crippen LogP contribution is -2.30. The quantitative estimate of drug-likeness (QED) is 0.691. The van der Waals surface area contributed by atoms with Crippen LogP contribution in [0.3, 0.4) is 0 Å². The van der Waals surface area contributed by atoms with Crippen molar-refractivity contribution >= 4 is 23.2 Å². The van der Waals surface area contributed by atoms with Crippen LogP contribution in [0.1, 0.15) is 0 Å². The maximum absolute atomic E-state index is 12.4. The number of alkyl halides is 2. The maximum Gasteiger partial charge on any atom is 0.387 e. The summed E-state index contributed by atoms with van der Waals surface area (Å²) in [6.45, 7) is -3.52. The molecule has 0 fully saturated rings. The highest BCUT2D eigenvalue weighted by atomic mass is 35.5. The van der Waals surface area contributed by atoms with E-state index in [9.17, 15) is 18.4 Å². The number of anilines is 1. The number of carbonyl (C=O) groups excluding carboxylic acids is 1. The van der Waals surface area contributed by atoms with Crippen molar-refractivity contribution in [3.05, 3.63) is 64.0 Å². The highest BCUT2D eigenvalue weighted by molar-refractivity contribution is 6.32. The number of ether oxygens (including phenoxy) is 1. The van der Waals surface area contributed by atoms with Crippen LogP contribution in [-0.4, -0.2) is 32.3 Å². The lowest BCUT2D eigenvalue weighted by Gasteiger charge is -2.11. The first-order chi connectivity index (χ1) is 13.0. The average molecular weight is 396 g/mol. The minimum absolute atomic E-state index is 0.0364. The molecule has 27 heavy (non-hydrogen) atoms. The zero-order chi connectivity index (χ0) is 19.4. The number of para-hydroxylation sites is 3. The fourth-order valence-corrected chi connectivity index (χ4v) is 2.46. The van der Waals surface area contributed by atoms with Gasteiger partial charge in [-0.3, -0.25) is 4.79 Å². The van der Waals surface area contributed by atoms with Gasteiger partial charge in [0.25, 0.3) is 0 Å². The normalized spacial score (nSPS) is 10.8. The Kier molecular flexibility index (Phi) is 5.46. The van der Waals surface area contributed by atoms with Gasteiger partial charge in [0.15, 0.2) is 0 Å². The number of hydrogen-bond donors (Lipinski definition) is 1. The Morgan fingerprint density at radius 3 is 2.59 bits per heavy atom. The Balaban J connectivity index is 1.77. The fourth-order valence-electron chi connectivity index (χ4n) is 2.24. The van der Waals surface area contributed by atoms with E-state index in [0.29, 0.717) is 5.69 Å². The van der Waals surface area contributed by atoms with Crippen LogP contribution in [0, 0.1) is 0 Å². The van der Waals surface area contributed by atoms with Crippen LogP contribution in [0.4, 0.5) is 14.5 Å². The second-order valence-corrected chi connectivity index (χ2v) is 5.61. The Labute approximate surface area is 155 Å². The molecule has 1 amide bonds. The number of benzene rings is 2. The molecule has 0 spiro atoms. The van der Waals surface area contributed by atoms with Crippen LogP contribution in [0.2, 0.25) is 5.02 Å². The van der Waals surface area contributed by atoms with Gasteiger partial charge in [-0.1, -0.05) is 35.9 Å². The zero-order valence-corrected chi connectivity index (χ0v) is 14.3. The zero-order valence-electron chi connectivity index (χ0n) is 13.6. The molecule has 3 rings (SSSR count). The summed E-state index contributed by atoms with van der Waals surface area (Å²) in [6, 6.07) is 12.2. The van der Waals surface area contributed by atoms with Gasteiger partial charge < -0.3 is 10.1 Å². The summed E-state index contributed by atoms with van der Waals surface area (Å²) in [5.74, 6) is -0.874. The van der Waals surface area contributed by atoms with Crippen molar-refractivity contribution in [2.24, 2.45) is 0 Å². The first kappa shape index (κ1) is 18.5. The molecule has 140 valence electrons. The fraction of sp³-hybridized carbons (Fsp3) is 0.125. The van der Waals surface area contributed by atoms with Crippen molar-refractivity contribution in [2.45, 2.75) is 13.2 Å². The molecule has 1 N–H and O–H groups in total. The molecule has 11 heteroatoms. The summed E-state index contributed by atoms with van der Waals surface area (Å²) >= 11 is 6.02. The highest BCUT2D eigenvalue weighted by Gasteiger charge is 2.16. The number of amides is 1. The van der Waals surface area contributed by atoms with Crippen LogP contribution in [0.15, 0.2) is 53.3 Å². The van der Waals surface area contributed by atoms with E-state index in [2.05, 4.69) is 20.5 Å². The third-order valence-electron chi connectivity index (χ3n) is 3.39. The minimum Gasteiger partial charge on any atom is -0.433 e. The predicted octanol–water partition coefficient (Wildman–Crippen LogP) is 2.32. The van der Waals surface area contributed by atoms with Gasteiger partial charge >= 0.3 is 12.3 Å². The molecule has 0 aliphatic heterocycles. The second-order valence-electron chi connectivity index (χ2n) is 5.21. The standard InChI is InChI=1S/C16H12ClF2N5O3/c17-10-5-1-3-7-12(10)24-16(26)23(21-22-24)9-14(25)20-11-6-2-4-8-13(11)27-15(18)19/h1-8,15H,9H2,(H,20,25). The van der Waals surface area contributed by atoms with E-state index >= 15 is 0 Å². The molecule has 0 bridgehead atoms. The molecule has 2 aromatic carbocycles. The molecule has 0 saturated carbocycles. The Hall–Kier alpha value is -3.27. The minimum atomic E-state index is -3.04. The molecule has 8 nitrogen and oxygen atoms in total. The largest absolute Gasteiger partial charge is 0.433 e. The van der Waals surface area contributed by atoms with E-state index in [4.69, 9.17) is 11.6 Å². The molecular weight excluding hydrogens is 384 g/mol. The van der Waals surface area contributed by atoms with Crippen molar-refractivity contribution in [3.63, 3.8) is 0 Å². The van der Waals surface area contributed by atoms with E-state index in [0.717, 1.165) is 9.36 Å².